The second-order valence-electron chi connectivity index (χ2n) is 6.35. The van der Waals surface area contributed by atoms with Crippen LogP contribution in [0.15, 0.2) is 30.3 Å². The van der Waals surface area contributed by atoms with Gasteiger partial charge in [-0.2, -0.15) is 4.72 Å². The first-order valence-corrected chi connectivity index (χ1v) is 9.76. The molecule has 4 rings (SSSR count). The zero-order valence-corrected chi connectivity index (χ0v) is 14.0. The number of hydrogen-bond donors (Lipinski definition) is 1. The molecule has 0 amide bonds. The molecule has 7 heteroatoms. The van der Waals surface area contributed by atoms with Gasteiger partial charge in [-0.3, -0.25) is 4.90 Å². The van der Waals surface area contributed by atoms with Crippen molar-refractivity contribution in [3.63, 3.8) is 0 Å². The summed E-state index contributed by atoms with van der Waals surface area (Å²) in [5.74, 6) is -0.140. The number of benzene rings is 1. The van der Waals surface area contributed by atoms with Crippen LogP contribution in [0.25, 0.3) is 0 Å². The zero-order valence-electron chi connectivity index (χ0n) is 13.1. The predicted molar refractivity (Wildman–Crippen MR) is 86.2 cm³/mol. The van der Waals surface area contributed by atoms with Crippen molar-refractivity contribution in [2.45, 2.75) is 25.0 Å². The normalized spacial score (nSPS) is 28.3. The Labute approximate surface area is 136 Å². The third-order valence-corrected chi connectivity index (χ3v) is 5.23. The molecule has 0 radical (unpaired) electrons. The van der Waals surface area contributed by atoms with E-state index in [2.05, 4.69) is 9.62 Å². The van der Waals surface area contributed by atoms with Crippen LogP contribution in [0, 0.1) is 5.92 Å². The third kappa shape index (κ3) is 4.10. The van der Waals surface area contributed by atoms with Crippen LogP contribution in [0.5, 0.6) is 0 Å². The van der Waals surface area contributed by atoms with Crippen LogP contribution < -0.4 is 4.72 Å². The van der Waals surface area contributed by atoms with Crippen LogP contribution in [-0.4, -0.2) is 51.3 Å². The van der Waals surface area contributed by atoms with Crippen molar-refractivity contribution in [1.29, 1.82) is 0 Å². The Bertz CT molecular complexity index is 654. The summed E-state index contributed by atoms with van der Waals surface area (Å²) in [5, 5.41) is 0. The number of piperidine rings is 3. The molecule has 1 N–H and O–H groups in total. The quantitative estimate of drug-likeness (QED) is 0.808. The Morgan fingerprint density at radius 3 is 2.43 bits per heavy atom. The van der Waals surface area contributed by atoms with Gasteiger partial charge < -0.3 is 4.74 Å². The fourth-order valence-electron chi connectivity index (χ4n) is 3.37. The van der Waals surface area contributed by atoms with Crippen molar-refractivity contribution in [2.75, 3.05) is 25.9 Å². The maximum absolute atomic E-state index is 12.6. The van der Waals surface area contributed by atoms with Crippen LogP contribution in [0.3, 0.4) is 0 Å². The van der Waals surface area contributed by atoms with Crippen LogP contribution in [0.4, 0.5) is 0 Å². The molecule has 3 fully saturated rings. The van der Waals surface area contributed by atoms with Crippen LogP contribution in [0.1, 0.15) is 24.4 Å². The minimum absolute atomic E-state index is 0.141. The number of carbonyl (C=O) groups is 1. The Hall–Kier alpha value is -1.44. The second-order valence-corrected chi connectivity index (χ2v) is 8.13. The van der Waals surface area contributed by atoms with Gasteiger partial charge in [-0.25, -0.2) is 13.2 Å². The molecule has 1 aromatic rings. The molecular formula is C16H22N2O4S. The summed E-state index contributed by atoms with van der Waals surface area (Å²) in [5.41, 5.74) is 0.587. The lowest BCUT2D eigenvalue weighted by Gasteiger charge is -2.44. The van der Waals surface area contributed by atoms with Gasteiger partial charge >= 0.3 is 5.97 Å². The minimum atomic E-state index is -3.53. The first-order chi connectivity index (χ1) is 10.9. The standard InChI is InChI=1S/C16H22N2O4S/c1-23(20,21)17-15(13-5-3-2-4-6-13)16(19)22-14-11-18-9-7-12(14)8-10-18/h2-6,12,14-15,17H,7-11H2,1H3/t14-,15?/m0/s1. The molecule has 3 saturated heterocycles. The molecule has 0 saturated carbocycles. The topological polar surface area (TPSA) is 75.7 Å². The summed E-state index contributed by atoms with van der Waals surface area (Å²) in [7, 11) is -3.53. The van der Waals surface area contributed by atoms with E-state index in [0.717, 1.165) is 38.7 Å². The van der Waals surface area contributed by atoms with Gasteiger partial charge in [0.25, 0.3) is 0 Å². The summed E-state index contributed by atoms with van der Waals surface area (Å²) in [6, 6.07) is 7.81. The van der Waals surface area contributed by atoms with E-state index in [9.17, 15) is 13.2 Å². The lowest BCUT2D eigenvalue weighted by Crippen LogP contribution is -2.52. The number of nitrogens with zero attached hydrogens (tertiary/aromatic N) is 1. The fraction of sp³-hybridized carbons (Fsp3) is 0.562. The largest absolute Gasteiger partial charge is 0.459 e. The van der Waals surface area contributed by atoms with E-state index in [-0.39, 0.29) is 6.10 Å². The number of hydrogen-bond acceptors (Lipinski definition) is 5. The average Bonchev–Trinajstić information content (AvgIpc) is 2.54. The Kier molecular flexibility index (Phi) is 4.70. The molecule has 0 aliphatic carbocycles. The summed E-state index contributed by atoms with van der Waals surface area (Å²) in [6.07, 6.45) is 2.98. The monoisotopic (exact) mass is 338 g/mol. The van der Waals surface area contributed by atoms with E-state index in [0.29, 0.717) is 11.5 Å². The predicted octanol–water partition coefficient (Wildman–Crippen LogP) is 0.914. The van der Waals surface area contributed by atoms with Gasteiger partial charge in [-0.15, -0.1) is 0 Å². The Morgan fingerprint density at radius 2 is 1.91 bits per heavy atom. The molecule has 6 nitrogen and oxygen atoms in total. The molecule has 23 heavy (non-hydrogen) atoms. The zero-order chi connectivity index (χ0) is 16.4. The number of sulfonamides is 1. The first-order valence-electron chi connectivity index (χ1n) is 7.87. The van der Waals surface area contributed by atoms with Gasteiger partial charge in [0.1, 0.15) is 12.1 Å². The summed E-state index contributed by atoms with van der Waals surface area (Å²) in [4.78, 5) is 14.9. The van der Waals surface area contributed by atoms with E-state index in [1.54, 1.807) is 24.3 Å². The molecule has 3 aliphatic rings. The Balaban J connectivity index is 1.75. The smallest absolute Gasteiger partial charge is 0.329 e. The van der Waals surface area contributed by atoms with Gasteiger partial charge in [-0.05, 0) is 37.4 Å². The van der Waals surface area contributed by atoms with Gasteiger partial charge in [0, 0.05) is 6.54 Å². The minimum Gasteiger partial charge on any atom is -0.459 e. The number of fused-ring (bicyclic) bond motifs is 3. The summed E-state index contributed by atoms with van der Waals surface area (Å²) >= 11 is 0. The molecule has 2 bridgehead atoms. The van der Waals surface area contributed by atoms with E-state index >= 15 is 0 Å². The van der Waals surface area contributed by atoms with Gasteiger partial charge in [0.15, 0.2) is 0 Å². The molecule has 0 spiro atoms. The summed E-state index contributed by atoms with van der Waals surface area (Å²) in [6.45, 7) is 2.86. The lowest BCUT2D eigenvalue weighted by atomic mass is 9.86. The maximum Gasteiger partial charge on any atom is 0.329 e. The number of esters is 1. The molecule has 1 aromatic carbocycles. The maximum atomic E-state index is 12.6. The number of rotatable bonds is 5. The molecule has 3 heterocycles. The summed E-state index contributed by atoms with van der Waals surface area (Å²) < 4.78 is 31.3. The van der Waals surface area contributed by atoms with Crippen molar-refractivity contribution in [3.8, 4) is 0 Å². The van der Waals surface area contributed by atoms with E-state index in [4.69, 9.17) is 4.74 Å². The van der Waals surface area contributed by atoms with E-state index in [1.165, 1.54) is 0 Å². The lowest BCUT2D eigenvalue weighted by molar-refractivity contribution is -0.161. The molecular weight excluding hydrogens is 316 g/mol. The van der Waals surface area contributed by atoms with Gasteiger partial charge in [0.2, 0.25) is 10.0 Å². The SMILES string of the molecule is CS(=O)(=O)NC(C(=O)O[C@H]1CN2CCC1CC2)c1ccccc1. The van der Waals surface area contributed by atoms with Gasteiger partial charge in [-0.1, -0.05) is 30.3 Å². The van der Waals surface area contributed by atoms with Crippen molar-refractivity contribution >= 4 is 16.0 Å². The Morgan fingerprint density at radius 1 is 1.26 bits per heavy atom. The molecule has 2 atom stereocenters. The fourth-order valence-corrected chi connectivity index (χ4v) is 4.03. The van der Waals surface area contributed by atoms with Crippen molar-refractivity contribution in [1.82, 2.24) is 9.62 Å². The molecule has 1 unspecified atom stereocenters. The average molecular weight is 338 g/mol. The molecule has 3 aliphatic heterocycles. The third-order valence-electron chi connectivity index (χ3n) is 4.56. The first kappa shape index (κ1) is 16.4. The highest BCUT2D eigenvalue weighted by atomic mass is 32.2. The van der Waals surface area contributed by atoms with Crippen molar-refractivity contribution < 1.29 is 17.9 Å². The van der Waals surface area contributed by atoms with Crippen molar-refractivity contribution in [3.05, 3.63) is 35.9 Å². The highest BCUT2D eigenvalue weighted by Gasteiger charge is 2.38. The second kappa shape index (κ2) is 6.59. The van der Waals surface area contributed by atoms with Crippen LogP contribution in [-0.2, 0) is 19.6 Å². The number of carbonyl (C=O) groups excluding carboxylic acids is 1. The van der Waals surface area contributed by atoms with Crippen LogP contribution >= 0.6 is 0 Å². The van der Waals surface area contributed by atoms with Crippen molar-refractivity contribution in [2.24, 2.45) is 5.92 Å². The highest BCUT2D eigenvalue weighted by molar-refractivity contribution is 7.88. The van der Waals surface area contributed by atoms with E-state index in [1.807, 2.05) is 6.07 Å². The number of nitrogens with one attached hydrogen (secondary N) is 1. The molecule has 0 aromatic heterocycles. The number of ether oxygens (including phenoxy) is 1. The van der Waals surface area contributed by atoms with E-state index < -0.39 is 22.0 Å². The highest BCUT2D eigenvalue weighted by Crippen LogP contribution is 2.30. The van der Waals surface area contributed by atoms with Crippen LogP contribution in [0.2, 0.25) is 0 Å². The molecule has 126 valence electrons. The van der Waals surface area contributed by atoms with Gasteiger partial charge in [0.05, 0.1) is 6.26 Å².